The van der Waals surface area contributed by atoms with Gasteiger partial charge in [-0.05, 0) is 76.9 Å². The molecule has 2 aromatic rings. The van der Waals surface area contributed by atoms with Gasteiger partial charge in [-0.15, -0.1) is 0 Å². The summed E-state index contributed by atoms with van der Waals surface area (Å²) in [5, 5.41) is 8.83. The van der Waals surface area contributed by atoms with E-state index < -0.39 is 5.97 Å². The number of carboxylic acid groups (broad SMARTS) is 1. The molecule has 0 aromatic heterocycles. The Kier molecular flexibility index (Phi) is 5.20. The number of hydrogen-bond acceptors (Lipinski definition) is 5. The first-order chi connectivity index (χ1) is 14.6. The monoisotopic (exact) mass is 423 g/mol. The van der Waals surface area contributed by atoms with Crippen LogP contribution in [-0.4, -0.2) is 41.1 Å². The number of nitrogens with zero attached hydrogens (tertiary/aromatic N) is 1. The van der Waals surface area contributed by atoms with Crippen molar-refractivity contribution in [3.63, 3.8) is 0 Å². The molecule has 6 heteroatoms. The summed E-state index contributed by atoms with van der Waals surface area (Å²) in [7, 11) is 0. The first-order valence-electron chi connectivity index (χ1n) is 10.6. The van der Waals surface area contributed by atoms with Crippen molar-refractivity contribution in [3.05, 3.63) is 52.6 Å². The van der Waals surface area contributed by atoms with E-state index in [4.69, 9.17) is 24.3 Å². The van der Waals surface area contributed by atoms with Crippen LogP contribution in [0.3, 0.4) is 0 Å². The minimum Gasteiger partial charge on any atom is -0.490 e. The summed E-state index contributed by atoms with van der Waals surface area (Å²) in [4.78, 5) is 15.9. The van der Waals surface area contributed by atoms with E-state index >= 15 is 0 Å². The van der Waals surface area contributed by atoms with E-state index in [9.17, 15) is 4.79 Å². The average molecular weight is 424 g/mol. The lowest BCUT2D eigenvalue weighted by Gasteiger charge is -2.31. The van der Waals surface area contributed by atoms with Gasteiger partial charge in [0.25, 0.3) is 0 Å². The normalized spacial score (nSPS) is 17.8. The molecule has 1 N–H and O–H groups in total. The summed E-state index contributed by atoms with van der Waals surface area (Å²) in [6.45, 7) is 10.6. The first-order valence-corrected chi connectivity index (χ1v) is 10.6. The minimum absolute atomic E-state index is 0.256. The molecule has 0 amide bonds. The summed E-state index contributed by atoms with van der Waals surface area (Å²) < 4.78 is 17.5. The number of carboxylic acids is 1. The standard InChI is InChI=1S/C25H29NO5/c1-6-29-19-11-16-12-24(2,3)26-22(21(16)18-13-25(4,5)31-23(18)19)15-7-9-17(10-8-15)30-14-20(27)28/h7-11H,6,12-14H2,1-5H3,(H,27,28). The van der Waals surface area contributed by atoms with E-state index in [0.717, 1.165) is 46.7 Å². The molecule has 2 aliphatic heterocycles. The van der Waals surface area contributed by atoms with Crippen LogP contribution in [0.4, 0.5) is 0 Å². The van der Waals surface area contributed by atoms with Crippen molar-refractivity contribution < 1.29 is 24.1 Å². The van der Waals surface area contributed by atoms with Crippen LogP contribution in [0.15, 0.2) is 35.3 Å². The molecule has 0 radical (unpaired) electrons. The Balaban J connectivity index is 1.82. The third-order valence-corrected chi connectivity index (χ3v) is 5.47. The maximum absolute atomic E-state index is 10.8. The molecule has 164 valence electrons. The van der Waals surface area contributed by atoms with Gasteiger partial charge in [-0.3, -0.25) is 4.99 Å². The predicted molar refractivity (Wildman–Crippen MR) is 119 cm³/mol. The number of benzene rings is 2. The summed E-state index contributed by atoms with van der Waals surface area (Å²) in [6, 6.07) is 9.56. The number of rotatable bonds is 6. The largest absolute Gasteiger partial charge is 0.490 e. The molecular formula is C25H29NO5. The van der Waals surface area contributed by atoms with Crippen molar-refractivity contribution in [1.29, 1.82) is 0 Å². The molecule has 0 spiro atoms. The van der Waals surface area contributed by atoms with E-state index in [1.807, 2.05) is 19.1 Å². The van der Waals surface area contributed by atoms with Gasteiger partial charge in [-0.25, -0.2) is 4.79 Å². The fourth-order valence-electron chi connectivity index (χ4n) is 4.39. The van der Waals surface area contributed by atoms with Gasteiger partial charge in [0.05, 0.1) is 17.9 Å². The number of aliphatic imine (C=N–C) groups is 1. The Morgan fingerprint density at radius 3 is 2.48 bits per heavy atom. The van der Waals surface area contributed by atoms with E-state index in [-0.39, 0.29) is 17.7 Å². The fourth-order valence-corrected chi connectivity index (χ4v) is 4.39. The third-order valence-electron chi connectivity index (χ3n) is 5.47. The molecule has 4 rings (SSSR count). The first kappa shape index (κ1) is 21.2. The van der Waals surface area contributed by atoms with E-state index in [1.54, 1.807) is 12.1 Å². The third kappa shape index (κ3) is 4.24. The Morgan fingerprint density at radius 1 is 1.13 bits per heavy atom. The lowest BCUT2D eigenvalue weighted by molar-refractivity contribution is -0.139. The summed E-state index contributed by atoms with van der Waals surface area (Å²) in [5.41, 5.74) is 4.81. The van der Waals surface area contributed by atoms with Gasteiger partial charge in [-0.2, -0.15) is 0 Å². The molecule has 0 fully saturated rings. The van der Waals surface area contributed by atoms with Crippen molar-refractivity contribution >= 4 is 11.7 Å². The quantitative estimate of drug-likeness (QED) is 0.744. The topological polar surface area (TPSA) is 77.4 Å². The van der Waals surface area contributed by atoms with Crippen molar-refractivity contribution in [1.82, 2.24) is 0 Å². The summed E-state index contributed by atoms with van der Waals surface area (Å²) in [6.07, 6.45) is 1.60. The molecule has 2 aliphatic rings. The lowest BCUT2D eigenvalue weighted by atomic mass is 9.81. The molecule has 0 saturated carbocycles. The van der Waals surface area contributed by atoms with Crippen LogP contribution >= 0.6 is 0 Å². The molecule has 2 aromatic carbocycles. The smallest absolute Gasteiger partial charge is 0.341 e. The number of carbonyl (C=O) groups is 1. The van der Waals surface area contributed by atoms with Crippen molar-refractivity contribution in [2.24, 2.45) is 4.99 Å². The second-order valence-electron chi connectivity index (χ2n) is 9.34. The predicted octanol–water partition coefficient (Wildman–Crippen LogP) is 4.43. The molecule has 2 heterocycles. The Labute approximate surface area is 182 Å². The highest BCUT2D eigenvalue weighted by atomic mass is 16.5. The van der Waals surface area contributed by atoms with Crippen LogP contribution in [0, 0.1) is 0 Å². The molecule has 0 saturated heterocycles. The van der Waals surface area contributed by atoms with Crippen molar-refractivity contribution in [2.75, 3.05) is 13.2 Å². The van der Waals surface area contributed by atoms with Gasteiger partial charge >= 0.3 is 5.97 Å². The molecule has 6 nitrogen and oxygen atoms in total. The van der Waals surface area contributed by atoms with Crippen LogP contribution in [0.5, 0.6) is 17.2 Å². The average Bonchev–Trinajstić information content (AvgIpc) is 3.01. The maximum Gasteiger partial charge on any atom is 0.341 e. The summed E-state index contributed by atoms with van der Waals surface area (Å²) in [5.74, 6) is 1.14. The fraction of sp³-hybridized carbons (Fsp3) is 0.440. The number of hydrogen-bond donors (Lipinski definition) is 1. The highest BCUT2D eigenvalue weighted by Crippen LogP contribution is 2.48. The maximum atomic E-state index is 10.8. The number of aliphatic carboxylic acids is 1. The Hall–Kier alpha value is -3.02. The molecule has 31 heavy (non-hydrogen) atoms. The SMILES string of the molecule is CCOc1cc2c(c3c1OC(C)(C)C3)C(c1ccc(OCC(=O)O)cc1)=NC(C)(C)C2. The van der Waals surface area contributed by atoms with Crippen molar-refractivity contribution in [2.45, 2.75) is 58.6 Å². The van der Waals surface area contributed by atoms with Crippen LogP contribution in [0.2, 0.25) is 0 Å². The van der Waals surface area contributed by atoms with Gasteiger partial charge in [0, 0.05) is 23.1 Å². The highest BCUT2D eigenvalue weighted by molar-refractivity contribution is 6.16. The van der Waals surface area contributed by atoms with Gasteiger partial charge < -0.3 is 19.3 Å². The number of ether oxygens (including phenoxy) is 3. The van der Waals surface area contributed by atoms with Gasteiger partial charge in [0.1, 0.15) is 11.4 Å². The van der Waals surface area contributed by atoms with Gasteiger partial charge in [0.2, 0.25) is 0 Å². The van der Waals surface area contributed by atoms with E-state index in [0.29, 0.717) is 12.4 Å². The highest BCUT2D eigenvalue weighted by Gasteiger charge is 2.39. The zero-order valence-corrected chi connectivity index (χ0v) is 18.7. The van der Waals surface area contributed by atoms with Crippen LogP contribution in [-0.2, 0) is 17.6 Å². The molecule has 0 atom stereocenters. The molecular weight excluding hydrogens is 394 g/mol. The minimum atomic E-state index is -1.00. The summed E-state index contributed by atoms with van der Waals surface area (Å²) >= 11 is 0. The lowest BCUT2D eigenvalue weighted by Crippen LogP contribution is -2.30. The molecule has 0 unspecified atom stereocenters. The zero-order chi connectivity index (χ0) is 22.4. The van der Waals surface area contributed by atoms with E-state index in [1.165, 1.54) is 5.56 Å². The van der Waals surface area contributed by atoms with E-state index in [2.05, 4.69) is 33.8 Å². The molecule has 0 aliphatic carbocycles. The van der Waals surface area contributed by atoms with Crippen molar-refractivity contribution in [3.8, 4) is 17.2 Å². The molecule has 0 bridgehead atoms. The Morgan fingerprint density at radius 2 is 1.84 bits per heavy atom. The Bertz CT molecular complexity index is 1050. The van der Waals surface area contributed by atoms with Crippen LogP contribution in [0.25, 0.3) is 0 Å². The second kappa shape index (κ2) is 7.59. The second-order valence-corrected chi connectivity index (χ2v) is 9.34. The number of fused-ring (bicyclic) bond motifs is 3. The van der Waals surface area contributed by atoms with Gasteiger partial charge in [0.15, 0.2) is 18.1 Å². The van der Waals surface area contributed by atoms with Crippen LogP contribution < -0.4 is 14.2 Å². The van der Waals surface area contributed by atoms with Gasteiger partial charge in [-0.1, -0.05) is 0 Å². The zero-order valence-electron chi connectivity index (χ0n) is 18.7. The van der Waals surface area contributed by atoms with Crippen LogP contribution in [0.1, 0.15) is 56.9 Å².